The van der Waals surface area contributed by atoms with Gasteiger partial charge in [0.1, 0.15) is 0 Å². The third-order valence-corrected chi connectivity index (χ3v) is 5.74. The first kappa shape index (κ1) is 20.3. The van der Waals surface area contributed by atoms with Gasteiger partial charge in [0, 0.05) is 32.1 Å². The van der Waals surface area contributed by atoms with Crippen LogP contribution in [0.2, 0.25) is 0 Å². The molecule has 1 fully saturated rings. The van der Waals surface area contributed by atoms with Gasteiger partial charge >= 0.3 is 0 Å². The van der Waals surface area contributed by atoms with E-state index in [4.69, 9.17) is 0 Å². The van der Waals surface area contributed by atoms with E-state index in [1.54, 1.807) is 6.07 Å². The van der Waals surface area contributed by atoms with Crippen molar-refractivity contribution in [1.82, 2.24) is 19.8 Å². The SMILES string of the molecule is O=C(CCn1cnc2ccccc2c1=O)N[C@@H]1CCCN(CCc2ccccc2)C1. The van der Waals surface area contributed by atoms with Crippen molar-refractivity contribution in [1.29, 1.82) is 0 Å². The first-order valence-corrected chi connectivity index (χ1v) is 10.7. The Labute approximate surface area is 176 Å². The van der Waals surface area contributed by atoms with Crippen LogP contribution in [0, 0.1) is 0 Å². The molecule has 3 aromatic rings. The maximum Gasteiger partial charge on any atom is 0.261 e. The van der Waals surface area contributed by atoms with E-state index in [1.165, 1.54) is 16.5 Å². The predicted molar refractivity (Wildman–Crippen MR) is 118 cm³/mol. The molecule has 0 unspecified atom stereocenters. The molecule has 0 bridgehead atoms. The Morgan fingerprint density at radius 1 is 1.07 bits per heavy atom. The molecule has 2 heterocycles. The van der Waals surface area contributed by atoms with Gasteiger partial charge in [0.2, 0.25) is 5.91 Å². The number of carbonyl (C=O) groups is 1. The summed E-state index contributed by atoms with van der Waals surface area (Å²) >= 11 is 0. The lowest BCUT2D eigenvalue weighted by molar-refractivity contribution is -0.122. The van der Waals surface area contributed by atoms with Crippen LogP contribution in [0.5, 0.6) is 0 Å². The van der Waals surface area contributed by atoms with Crippen molar-refractivity contribution >= 4 is 16.8 Å². The van der Waals surface area contributed by atoms with Crippen LogP contribution < -0.4 is 10.9 Å². The van der Waals surface area contributed by atoms with E-state index in [2.05, 4.69) is 39.5 Å². The Morgan fingerprint density at radius 3 is 2.73 bits per heavy atom. The Kier molecular flexibility index (Phi) is 6.54. The molecule has 0 aliphatic carbocycles. The van der Waals surface area contributed by atoms with Crippen LogP contribution in [-0.4, -0.2) is 46.0 Å². The highest BCUT2D eigenvalue weighted by atomic mass is 16.2. The topological polar surface area (TPSA) is 67.2 Å². The lowest BCUT2D eigenvalue weighted by Gasteiger charge is -2.33. The zero-order valence-corrected chi connectivity index (χ0v) is 17.2. The Morgan fingerprint density at radius 2 is 1.87 bits per heavy atom. The molecule has 1 saturated heterocycles. The number of nitrogens with one attached hydrogen (secondary N) is 1. The minimum Gasteiger partial charge on any atom is -0.352 e. The first-order chi connectivity index (χ1) is 14.7. The lowest BCUT2D eigenvalue weighted by Crippen LogP contribution is -2.48. The molecule has 6 heteroatoms. The normalized spacial score (nSPS) is 17.1. The van der Waals surface area contributed by atoms with Gasteiger partial charge in [-0.3, -0.25) is 14.2 Å². The second-order valence-electron chi connectivity index (χ2n) is 7.95. The Bertz CT molecular complexity index is 1050. The number of hydrogen-bond donors (Lipinski definition) is 1. The smallest absolute Gasteiger partial charge is 0.261 e. The largest absolute Gasteiger partial charge is 0.352 e. The zero-order chi connectivity index (χ0) is 20.8. The van der Waals surface area contributed by atoms with E-state index in [0.717, 1.165) is 38.9 Å². The summed E-state index contributed by atoms with van der Waals surface area (Å²) in [4.78, 5) is 31.8. The van der Waals surface area contributed by atoms with Crippen LogP contribution in [0.3, 0.4) is 0 Å². The van der Waals surface area contributed by atoms with Crippen LogP contribution in [0.25, 0.3) is 10.9 Å². The first-order valence-electron chi connectivity index (χ1n) is 10.7. The number of carbonyl (C=O) groups excluding carboxylic acids is 1. The number of benzene rings is 2. The molecule has 6 nitrogen and oxygen atoms in total. The molecule has 1 aliphatic rings. The lowest BCUT2D eigenvalue weighted by atomic mass is 10.0. The Balaban J connectivity index is 1.26. The highest BCUT2D eigenvalue weighted by Gasteiger charge is 2.21. The van der Waals surface area contributed by atoms with E-state index in [-0.39, 0.29) is 23.9 Å². The van der Waals surface area contributed by atoms with Crippen molar-refractivity contribution in [2.24, 2.45) is 0 Å². The summed E-state index contributed by atoms with van der Waals surface area (Å²) in [6, 6.07) is 18.0. The molecule has 1 aliphatic heterocycles. The third kappa shape index (κ3) is 5.13. The van der Waals surface area contributed by atoms with Crippen molar-refractivity contribution in [3.05, 3.63) is 76.8 Å². The van der Waals surface area contributed by atoms with E-state index in [1.807, 2.05) is 24.3 Å². The van der Waals surface area contributed by atoms with Crippen LogP contribution in [0.1, 0.15) is 24.8 Å². The molecule has 2 aromatic carbocycles. The van der Waals surface area contributed by atoms with Crippen molar-refractivity contribution < 1.29 is 4.79 Å². The summed E-state index contributed by atoms with van der Waals surface area (Å²) in [5.74, 6) is -0.00929. The summed E-state index contributed by atoms with van der Waals surface area (Å²) in [5, 5.41) is 3.74. The van der Waals surface area contributed by atoms with E-state index in [0.29, 0.717) is 17.4 Å². The molecular weight excluding hydrogens is 376 g/mol. The minimum absolute atomic E-state index is 0.00929. The fourth-order valence-electron chi connectivity index (χ4n) is 4.10. The number of para-hydroxylation sites is 1. The van der Waals surface area contributed by atoms with Gasteiger partial charge in [-0.1, -0.05) is 42.5 Å². The fraction of sp³-hybridized carbons (Fsp3) is 0.375. The molecule has 0 saturated carbocycles. The highest BCUT2D eigenvalue weighted by Crippen LogP contribution is 2.12. The van der Waals surface area contributed by atoms with Gasteiger partial charge in [-0.2, -0.15) is 0 Å². The molecule has 1 aromatic heterocycles. The molecule has 30 heavy (non-hydrogen) atoms. The number of hydrogen-bond acceptors (Lipinski definition) is 4. The second-order valence-corrected chi connectivity index (χ2v) is 7.95. The van der Waals surface area contributed by atoms with Gasteiger partial charge < -0.3 is 10.2 Å². The number of aryl methyl sites for hydroxylation is 1. The number of likely N-dealkylation sites (tertiary alicyclic amines) is 1. The highest BCUT2D eigenvalue weighted by molar-refractivity contribution is 5.77. The van der Waals surface area contributed by atoms with E-state index in [9.17, 15) is 9.59 Å². The zero-order valence-electron chi connectivity index (χ0n) is 17.2. The maximum atomic E-state index is 12.5. The maximum absolute atomic E-state index is 12.5. The van der Waals surface area contributed by atoms with Gasteiger partial charge in [-0.25, -0.2) is 4.98 Å². The van der Waals surface area contributed by atoms with E-state index < -0.39 is 0 Å². The number of rotatable bonds is 7. The quantitative estimate of drug-likeness (QED) is 0.657. The Hall–Kier alpha value is -2.99. The van der Waals surface area contributed by atoms with Crippen LogP contribution in [-0.2, 0) is 17.8 Å². The standard InChI is InChI=1S/C24H28N4O2/c29-23(13-16-28-18-25-22-11-5-4-10-21(22)24(28)30)26-20-9-6-14-27(17-20)15-12-19-7-2-1-3-8-19/h1-5,7-8,10-11,18,20H,6,9,12-17H2,(H,26,29)/t20-/m1/s1. The fourth-order valence-corrected chi connectivity index (χ4v) is 4.10. The van der Waals surface area contributed by atoms with Gasteiger partial charge in [-0.15, -0.1) is 0 Å². The van der Waals surface area contributed by atoms with Crippen LogP contribution >= 0.6 is 0 Å². The summed E-state index contributed by atoms with van der Waals surface area (Å²) < 4.78 is 1.52. The van der Waals surface area contributed by atoms with E-state index >= 15 is 0 Å². The molecule has 1 amide bonds. The van der Waals surface area contributed by atoms with Gasteiger partial charge in [0.25, 0.3) is 5.56 Å². The minimum atomic E-state index is -0.0989. The average molecular weight is 405 g/mol. The summed E-state index contributed by atoms with van der Waals surface area (Å²) in [5.41, 5.74) is 1.93. The van der Waals surface area contributed by atoms with Crippen molar-refractivity contribution in [3.8, 4) is 0 Å². The third-order valence-electron chi connectivity index (χ3n) is 5.74. The summed E-state index contributed by atoms with van der Waals surface area (Å²) in [7, 11) is 0. The molecule has 1 N–H and O–H groups in total. The molecule has 0 radical (unpaired) electrons. The van der Waals surface area contributed by atoms with Gasteiger partial charge in [-0.05, 0) is 43.5 Å². The molecule has 1 atom stereocenters. The van der Waals surface area contributed by atoms with Crippen molar-refractivity contribution in [2.45, 2.75) is 38.3 Å². The van der Waals surface area contributed by atoms with Gasteiger partial charge in [0.15, 0.2) is 0 Å². The number of aromatic nitrogens is 2. The number of amides is 1. The molecule has 0 spiro atoms. The van der Waals surface area contributed by atoms with Gasteiger partial charge in [0.05, 0.1) is 17.2 Å². The monoisotopic (exact) mass is 404 g/mol. The number of fused-ring (bicyclic) bond motifs is 1. The number of piperidine rings is 1. The predicted octanol–water partition coefficient (Wildman–Crippen LogP) is 2.61. The summed E-state index contributed by atoms with van der Waals surface area (Å²) in [6.07, 6.45) is 4.93. The summed E-state index contributed by atoms with van der Waals surface area (Å²) in [6.45, 7) is 3.31. The number of nitrogens with zero attached hydrogens (tertiary/aromatic N) is 3. The van der Waals surface area contributed by atoms with Crippen LogP contribution in [0.15, 0.2) is 65.7 Å². The van der Waals surface area contributed by atoms with Crippen LogP contribution in [0.4, 0.5) is 0 Å². The van der Waals surface area contributed by atoms with Crippen molar-refractivity contribution in [3.63, 3.8) is 0 Å². The molecule has 4 rings (SSSR count). The molecular formula is C24H28N4O2. The van der Waals surface area contributed by atoms with Crippen molar-refractivity contribution in [2.75, 3.05) is 19.6 Å². The second kappa shape index (κ2) is 9.67. The average Bonchev–Trinajstić information content (AvgIpc) is 2.78. The molecule has 156 valence electrons.